The number of carbonyl (C=O) groups excluding carboxylic acids is 1. The lowest BCUT2D eigenvalue weighted by Gasteiger charge is -2.13. The van der Waals surface area contributed by atoms with Crippen LogP contribution in [-0.4, -0.2) is 36.7 Å². The first-order valence-corrected chi connectivity index (χ1v) is 11.0. The van der Waals surface area contributed by atoms with Gasteiger partial charge in [-0.2, -0.15) is 18.3 Å². The molecule has 0 fully saturated rings. The maximum absolute atomic E-state index is 13.4. The van der Waals surface area contributed by atoms with E-state index in [1.165, 1.54) is 47.7 Å². The summed E-state index contributed by atoms with van der Waals surface area (Å²) in [5.74, 6) is -0.0923. The molecule has 4 rings (SSSR count). The highest BCUT2D eigenvalue weighted by Gasteiger charge is 2.31. The number of amides is 1. The third kappa shape index (κ3) is 5.28. The number of carbonyl (C=O) groups is 1. The minimum Gasteiger partial charge on any atom is -0.489 e. The second-order valence-corrected chi connectivity index (χ2v) is 8.43. The van der Waals surface area contributed by atoms with Crippen molar-refractivity contribution in [2.45, 2.75) is 6.18 Å². The zero-order chi connectivity index (χ0) is 24.3. The van der Waals surface area contributed by atoms with Crippen molar-refractivity contribution in [2.24, 2.45) is 5.10 Å². The average molecular weight is 489 g/mol. The fourth-order valence-corrected chi connectivity index (χ4v) is 4.08. The van der Waals surface area contributed by atoms with Gasteiger partial charge in [0, 0.05) is 17.5 Å². The standard InChI is InChI=1S/C24H19F4N3O2S/c1-31-13-20(22(23(31)32)21-3-2-12-34-21)33-14-19(15-4-8-17(25)9-5-15)30-29-18-10-6-16(7-11-18)24(26,27)28/h2-12,29H,13-14H2,1H3. The van der Waals surface area contributed by atoms with E-state index >= 15 is 0 Å². The van der Waals surface area contributed by atoms with Gasteiger partial charge in [0.25, 0.3) is 5.91 Å². The first kappa shape index (κ1) is 23.5. The van der Waals surface area contributed by atoms with E-state index in [1.54, 1.807) is 11.9 Å². The fraction of sp³-hybridized carbons (Fsp3) is 0.167. The molecule has 34 heavy (non-hydrogen) atoms. The number of nitrogens with one attached hydrogen (secondary N) is 1. The summed E-state index contributed by atoms with van der Waals surface area (Å²) >= 11 is 1.42. The Morgan fingerprint density at radius 2 is 1.82 bits per heavy atom. The van der Waals surface area contributed by atoms with Crippen LogP contribution >= 0.6 is 11.3 Å². The third-order valence-corrected chi connectivity index (χ3v) is 5.97. The minimum absolute atomic E-state index is 0.0510. The van der Waals surface area contributed by atoms with E-state index in [1.807, 2.05) is 17.5 Å². The third-order valence-electron chi connectivity index (χ3n) is 5.08. The number of halogens is 4. The molecule has 1 amide bonds. The van der Waals surface area contributed by atoms with E-state index in [-0.39, 0.29) is 19.1 Å². The normalized spacial score (nSPS) is 14.7. The summed E-state index contributed by atoms with van der Waals surface area (Å²) in [6, 6.07) is 13.7. The summed E-state index contributed by atoms with van der Waals surface area (Å²) < 4.78 is 57.8. The first-order chi connectivity index (χ1) is 16.2. The van der Waals surface area contributed by atoms with Crippen LogP contribution in [0.2, 0.25) is 0 Å². The molecular formula is C24H19F4N3O2S. The number of ether oxygens (including phenoxy) is 1. The summed E-state index contributed by atoms with van der Waals surface area (Å²) in [5, 5.41) is 6.16. The number of likely N-dealkylation sites (N-methyl/N-ethyl adjacent to an activating group) is 1. The van der Waals surface area contributed by atoms with Gasteiger partial charge in [-0.3, -0.25) is 10.2 Å². The molecule has 0 atom stereocenters. The summed E-state index contributed by atoms with van der Waals surface area (Å²) in [4.78, 5) is 14.9. The van der Waals surface area contributed by atoms with Gasteiger partial charge in [-0.15, -0.1) is 11.3 Å². The summed E-state index contributed by atoms with van der Waals surface area (Å²) in [7, 11) is 1.67. The van der Waals surface area contributed by atoms with E-state index < -0.39 is 17.6 Å². The van der Waals surface area contributed by atoms with Crippen LogP contribution in [0, 0.1) is 5.82 Å². The van der Waals surface area contributed by atoms with Crippen LogP contribution < -0.4 is 5.43 Å². The monoisotopic (exact) mass is 489 g/mol. The Morgan fingerprint density at radius 3 is 2.44 bits per heavy atom. The van der Waals surface area contributed by atoms with E-state index in [0.717, 1.165) is 17.0 Å². The van der Waals surface area contributed by atoms with E-state index in [4.69, 9.17) is 4.74 Å². The highest BCUT2D eigenvalue weighted by Crippen LogP contribution is 2.31. The molecule has 1 N–H and O–H groups in total. The molecule has 0 bridgehead atoms. The Balaban J connectivity index is 1.58. The van der Waals surface area contributed by atoms with Crippen molar-refractivity contribution in [2.75, 3.05) is 25.6 Å². The van der Waals surface area contributed by atoms with Crippen molar-refractivity contribution in [3.05, 3.63) is 93.6 Å². The molecule has 0 aliphatic carbocycles. The smallest absolute Gasteiger partial charge is 0.416 e. The second kappa shape index (κ2) is 9.68. The van der Waals surface area contributed by atoms with E-state index in [9.17, 15) is 22.4 Å². The SMILES string of the molecule is CN1CC(OCC(=NNc2ccc(C(F)(F)F)cc2)c2ccc(F)cc2)=C(c2cccs2)C1=O. The van der Waals surface area contributed by atoms with Crippen molar-refractivity contribution in [1.82, 2.24) is 4.90 Å². The van der Waals surface area contributed by atoms with E-state index in [0.29, 0.717) is 28.3 Å². The molecule has 5 nitrogen and oxygen atoms in total. The number of rotatable bonds is 7. The number of hydrogen-bond acceptors (Lipinski definition) is 5. The van der Waals surface area contributed by atoms with Gasteiger partial charge in [0.15, 0.2) is 0 Å². The van der Waals surface area contributed by atoms with Gasteiger partial charge in [0.2, 0.25) is 0 Å². The predicted octanol–water partition coefficient (Wildman–Crippen LogP) is 5.62. The van der Waals surface area contributed by atoms with Gasteiger partial charge in [-0.05, 0) is 47.8 Å². The lowest BCUT2D eigenvalue weighted by atomic mass is 10.1. The van der Waals surface area contributed by atoms with Gasteiger partial charge in [0.1, 0.15) is 23.9 Å². The zero-order valence-corrected chi connectivity index (χ0v) is 18.7. The second-order valence-electron chi connectivity index (χ2n) is 7.48. The van der Waals surface area contributed by atoms with E-state index in [2.05, 4.69) is 10.5 Å². The highest BCUT2D eigenvalue weighted by atomic mass is 32.1. The molecule has 10 heteroatoms. The van der Waals surface area contributed by atoms with Crippen molar-refractivity contribution in [1.29, 1.82) is 0 Å². The molecule has 1 aliphatic rings. The lowest BCUT2D eigenvalue weighted by Crippen LogP contribution is -2.21. The molecule has 0 radical (unpaired) electrons. The molecule has 1 aliphatic heterocycles. The molecule has 0 unspecified atom stereocenters. The molecule has 0 spiro atoms. The molecule has 0 saturated heterocycles. The van der Waals surface area contributed by atoms with Crippen LogP contribution in [0.3, 0.4) is 0 Å². The Hall–Kier alpha value is -3.66. The van der Waals surface area contributed by atoms with Gasteiger partial charge in [0.05, 0.1) is 23.4 Å². The van der Waals surface area contributed by atoms with Crippen molar-refractivity contribution in [3.63, 3.8) is 0 Å². The van der Waals surface area contributed by atoms with Crippen molar-refractivity contribution < 1.29 is 27.1 Å². The van der Waals surface area contributed by atoms with Crippen molar-refractivity contribution in [3.8, 4) is 0 Å². The number of anilines is 1. The molecule has 2 aromatic carbocycles. The summed E-state index contributed by atoms with van der Waals surface area (Å²) in [5.41, 5.74) is 3.69. The van der Waals surface area contributed by atoms with Gasteiger partial charge >= 0.3 is 6.18 Å². The van der Waals surface area contributed by atoms with Crippen LogP contribution in [0.25, 0.3) is 5.57 Å². The quantitative estimate of drug-likeness (QED) is 0.266. The topological polar surface area (TPSA) is 53.9 Å². The first-order valence-electron chi connectivity index (χ1n) is 10.1. The van der Waals surface area contributed by atoms with Gasteiger partial charge < -0.3 is 9.64 Å². The molecule has 2 heterocycles. The highest BCUT2D eigenvalue weighted by molar-refractivity contribution is 7.11. The number of hydrogen-bond donors (Lipinski definition) is 1. The summed E-state index contributed by atoms with van der Waals surface area (Å²) in [6.07, 6.45) is -4.44. The predicted molar refractivity (Wildman–Crippen MR) is 123 cm³/mol. The van der Waals surface area contributed by atoms with Gasteiger partial charge in [-0.25, -0.2) is 4.39 Å². The molecule has 1 aromatic heterocycles. The Morgan fingerprint density at radius 1 is 1.12 bits per heavy atom. The Bertz CT molecular complexity index is 1220. The number of benzene rings is 2. The minimum atomic E-state index is -4.44. The van der Waals surface area contributed by atoms with Crippen LogP contribution in [0.4, 0.5) is 23.2 Å². The van der Waals surface area contributed by atoms with Crippen LogP contribution in [0.15, 0.2) is 76.9 Å². The molecule has 3 aromatic rings. The Kier molecular flexibility index (Phi) is 6.69. The van der Waals surface area contributed by atoms with Crippen molar-refractivity contribution >= 4 is 34.2 Å². The molecule has 0 saturated carbocycles. The molecule has 176 valence electrons. The number of hydrazone groups is 1. The van der Waals surface area contributed by atoms with Crippen LogP contribution in [0.5, 0.6) is 0 Å². The number of thiophene rings is 1. The van der Waals surface area contributed by atoms with Gasteiger partial charge in [-0.1, -0.05) is 18.2 Å². The molecular weight excluding hydrogens is 470 g/mol. The zero-order valence-electron chi connectivity index (χ0n) is 17.9. The lowest BCUT2D eigenvalue weighted by molar-refractivity contribution is -0.137. The largest absolute Gasteiger partial charge is 0.489 e. The number of nitrogens with zero attached hydrogens (tertiary/aromatic N) is 2. The summed E-state index contributed by atoms with van der Waals surface area (Å²) in [6.45, 7) is 0.236. The maximum atomic E-state index is 13.4. The maximum Gasteiger partial charge on any atom is 0.416 e. The fourth-order valence-electron chi connectivity index (χ4n) is 3.30. The van der Waals surface area contributed by atoms with Crippen LogP contribution in [0.1, 0.15) is 16.0 Å². The van der Waals surface area contributed by atoms with Crippen LogP contribution in [-0.2, 0) is 15.7 Å². The number of alkyl halides is 3. The average Bonchev–Trinajstić information content (AvgIpc) is 3.42. The Labute approximate surface area is 197 Å².